The van der Waals surface area contributed by atoms with Gasteiger partial charge in [-0.05, 0) is 40.1 Å². The molecule has 0 radical (unpaired) electrons. The first kappa shape index (κ1) is 16.1. The zero-order valence-corrected chi connectivity index (χ0v) is 15.4. The summed E-state index contributed by atoms with van der Waals surface area (Å²) in [6.07, 6.45) is 2.07. The molecule has 0 aliphatic carbocycles. The molecule has 1 aromatic heterocycles. The second-order valence-electron chi connectivity index (χ2n) is 7.20. The first-order valence-electron chi connectivity index (χ1n) is 9.65. The number of aryl methyl sites for hydroxylation is 1. The van der Waals surface area contributed by atoms with Crippen LogP contribution in [0.2, 0.25) is 0 Å². The van der Waals surface area contributed by atoms with Crippen molar-refractivity contribution in [3.63, 3.8) is 0 Å². The monoisotopic (exact) mass is 351 g/mol. The van der Waals surface area contributed by atoms with E-state index in [2.05, 4.69) is 73.7 Å². The summed E-state index contributed by atoms with van der Waals surface area (Å²) in [6, 6.07) is 25.2. The Labute approximate surface area is 157 Å². The van der Waals surface area contributed by atoms with Gasteiger partial charge >= 0.3 is 0 Å². The van der Waals surface area contributed by atoms with Crippen LogP contribution >= 0.6 is 0 Å². The number of nitrogens with zero attached hydrogens (tertiary/aromatic N) is 1. The Morgan fingerprint density at radius 2 is 1.33 bits per heavy atom. The molecule has 132 valence electrons. The van der Waals surface area contributed by atoms with E-state index in [1.165, 1.54) is 21.5 Å². The largest absolute Gasteiger partial charge is 0.308 e. The van der Waals surface area contributed by atoms with Crippen molar-refractivity contribution in [3.8, 4) is 0 Å². The lowest BCUT2D eigenvalue weighted by Gasteiger charge is -2.16. The van der Waals surface area contributed by atoms with Crippen LogP contribution in [0.4, 0.5) is 0 Å². The van der Waals surface area contributed by atoms with E-state index in [1.54, 1.807) is 0 Å². The standard InChI is InChI=1S/C25H21NO/c1-2-3-16-26-22-15-13-18-9-5-7-11-20(18)24(22)23-19-10-6-4-8-17(19)12-14-21(23)25(26)27/h4-15H,2-3,16H2,1H3. The SMILES string of the molecule is CCCCn1c(=O)c2ccc3ccccc3c2c2c3ccccc3ccc21. The van der Waals surface area contributed by atoms with Crippen LogP contribution < -0.4 is 5.56 Å². The lowest BCUT2D eigenvalue weighted by Crippen LogP contribution is -2.21. The quantitative estimate of drug-likeness (QED) is 0.352. The lowest BCUT2D eigenvalue weighted by molar-refractivity contribution is 0.635. The predicted molar refractivity (Wildman–Crippen MR) is 116 cm³/mol. The van der Waals surface area contributed by atoms with Gasteiger partial charge in [0, 0.05) is 22.7 Å². The molecule has 0 amide bonds. The van der Waals surface area contributed by atoms with Gasteiger partial charge in [-0.2, -0.15) is 0 Å². The first-order chi connectivity index (χ1) is 13.3. The molecule has 27 heavy (non-hydrogen) atoms. The maximum Gasteiger partial charge on any atom is 0.258 e. The van der Waals surface area contributed by atoms with Gasteiger partial charge in [0.05, 0.1) is 5.52 Å². The van der Waals surface area contributed by atoms with E-state index < -0.39 is 0 Å². The number of rotatable bonds is 3. The summed E-state index contributed by atoms with van der Waals surface area (Å²) >= 11 is 0. The second kappa shape index (κ2) is 6.24. The summed E-state index contributed by atoms with van der Waals surface area (Å²) in [5.74, 6) is 0. The highest BCUT2D eigenvalue weighted by molar-refractivity contribution is 6.26. The highest BCUT2D eigenvalue weighted by atomic mass is 16.1. The molecule has 0 spiro atoms. The van der Waals surface area contributed by atoms with Crippen molar-refractivity contribution >= 4 is 43.2 Å². The average molecular weight is 351 g/mol. The van der Waals surface area contributed by atoms with Crippen LogP contribution in [-0.2, 0) is 6.54 Å². The molecule has 0 aliphatic heterocycles. The molecular formula is C25H21NO. The Hall–Kier alpha value is -3.13. The summed E-state index contributed by atoms with van der Waals surface area (Å²) in [4.78, 5) is 13.4. The summed E-state index contributed by atoms with van der Waals surface area (Å²) in [6.45, 7) is 2.92. The lowest BCUT2D eigenvalue weighted by atomic mass is 9.95. The van der Waals surface area contributed by atoms with Gasteiger partial charge in [-0.25, -0.2) is 0 Å². The molecule has 0 bridgehead atoms. The minimum atomic E-state index is 0.118. The van der Waals surface area contributed by atoms with Crippen LogP contribution in [0, 0.1) is 0 Å². The molecule has 4 aromatic carbocycles. The summed E-state index contributed by atoms with van der Waals surface area (Å²) in [7, 11) is 0. The molecule has 2 heteroatoms. The fourth-order valence-corrected chi connectivity index (χ4v) is 4.26. The van der Waals surface area contributed by atoms with Crippen molar-refractivity contribution in [2.24, 2.45) is 0 Å². The fraction of sp³-hybridized carbons (Fsp3) is 0.160. The van der Waals surface area contributed by atoms with Gasteiger partial charge in [0.2, 0.25) is 0 Å². The number of aromatic nitrogens is 1. The van der Waals surface area contributed by atoms with Crippen LogP contribution in [0.25, 0.3) is 43.2 Å². The smallest absolute Gasteiger partial charge is 0.258 e. The van der Waals surface area contributed by atoms with Gasteiger partial charge in [-0.1, -0.05) is 74.0 Å². The molecule has 1 heterocycles. The van der Waals surface area contributed by atoms with E-state index >= 15 is 0 Å². The average Bonchev–Trinajstić information content (AvgIpc) is 2.72. The minimum absolute atomic E-state index is 0.118. The molecule has 0 saturated heterocycles. The maximum atomic E-state index is 13.4. The Morgan fingerprint density at radius 1 is 0.704 bits per heavy atom. The summed E-state index contributed by atoms with van der Waals surface area (Å²) in [5, 5.41) is 7.82. The van der Waals surface area contributed by atoms with Crippen LogP contribution in [0.3, 0.4) is 0 Å². The Bertz CT molecular complexity index is 1380. The molecule has 2 nitrogen and oxygen atoms in total. The van der Waals surface area contributed by atoms with Gasteiger partial charge < -0.3 is 4.57 Å². The van der Waals surface area contributed by atoms with Crippen molar-refractivity contribution in [2.75, 3.05) is 0 Å². The third-order valence-electron chi connectivity index (χ3n) is 5.59. The van der Waals surface area contributed by atoms with E-state index in [-0.39, 0.29) is 5.56 Å². The predicted octanol–water partition coefficient (Wildman–Crippen LogP) is 6.26. The number of hydrogen-bond acceptors (Lipinski definition) is 1. The van der Waals surface area contributed by atoms with Crippen molar-refractivity contribution in [3.05, 3.63) is 83.2 Å². The summed E-state index contributed by atoms with van der Waals surface area (Å²) < 4.78 is 1.97. The molecule has 0 fully saturated rings. The van der Waals surface area contributed by atoms with Gasteiger partial charge in [0.1, 0.15) is 0 Å². The highest BCUT2D eigenvalue weighted by Crippen LogP contribution is 2.35. The number of fused-ring (bicyclic) bond motifs is 7. The summed E-state index contributed by atoms with van der Waals surface area (Å²) in [5.41, 5.74) is 1.16. The van der Waals surface area contributed by atoms with E-state index in [4.69, 9.17) is 0 Å². The number of benzene rings is 4. The number of pyridine rings is 1. The van der Waals surface area contributed by atoms with E-state index in [0.29, 0.717) is 0 Å². The molecule has 0 saturated carbocycles. The molecule has 0 N–H and O–H groups in total. The minimum Gasteiger partial charge on any atom is -0.308 e. The first-order valence-corrected chi connectivity index (χ1v) is 9.65. The molecule has 5 rings (SSSR count). The third-order valence-corrected chi connectivity index (χ3v) is 5.59. The van der Waals surface area contributed by atoms with Crippen LogP contribution in [0.5, 0.6) is 0 Å². The highest BCUT2D eigenvalue weighted by Gasteiger charge is 2.15. The van der Waals surface area contributed by atoms with Gasteiger partial charge in [-0.3, -0.25) is 4.79 Å². The van der Waals surface area contributed by atoms with Crippen molar-refractivity contribution < 1.29 is 0 Å². The van der Waals surface area contributed by atoms with Gasteiger partial charge in [0.15, 0.2) is 0 Å². The molecule has 5 aromatic rings. The van der Waals surface area contributed by atoms with Crippen LogP contribution in [0.15, 0.2) is 77.6 Å². The van der Waals surface area contributed by atoms with Gasteiger partial charge in [-0.15, -0.1) is 0 Å². The zero-order valence-electron chi connectivity index (χ0n) is 15.4. The van der Waals surface area contributed by atoms with Crippen molar-refractivity contribution in [1.29, 1.82) is 0 Å². The molecule has 0 atom stereocenters. The topological polar surface area (TPSA) is 22.0 Å². The van der Waals surface area contributed by atoms with E-state index in [0.717, 1.165) is 41.1 Å². The van der Waals surface area contributed by atoms with E-state index in [1.807, 2.05) is 10.6 Å². The van der Waals surface area contributed by atoms with E-state index in [9.17, 15) is 4.79 Å². The Morgan fingerprint density at radius 3 is 2.04 bits per heavy atom. The van der Waals surface area contributed by atoms with Crippen LogP contribution in [-0.4, -0.2) is 4.57 Å². The third kappa shape index (κ3) is 2.37. The fourth-order valence-electron chi connectivity index (χ4n) is 4.26. The normalized spacial score (nSPS) is 11.7. The molecule has 0 aliphatic rings. The number of hydrogen-bond donors (Lipinski definition) is 0. The second-order valence-corrected chi connectivity index (χ2v) is 7.20. The zero-order chi connectivity index (χ0) is 18.4. The maximum absolute atomic E-state index is 13.4. The van der Waals surface area contributed by atoms with Gasteiger partial charge in [0.25, 0.3) is 5.56 Å². The van der Waals surface area contributed by atoms with Crippen molar-refractivity contribution in [1.82, 2.24) is 4.57 Å². The molecular weight excluding hydrogens is 330 g/mol. The Kier molecular flexibility index (Phi) is 3.71. The molecule has 0 unspecified atom stereocenters. The Balaban J connectivity index is 2.11. The van der Waals surface area contributed by atoms with Crippen molar-refractivity contribution in [2.45, 2.75) is 26.3 Å². The number of unbranched alkanes of at least 4 members (excludes halogenated alkanes) is 1. The van der Waals surface area contributed by atoms with Crippen LogP contribution in [0.1, 0.15) is 19.8 Å².